The van der Waals surface area contributed by atoms with E-state index in [2.05, 4.69) is 90.4 Å². The van der Waals surface area contributed by atoms with Gasteiger partial charge >= 0.3 is 11.9 Å². The van der Waals surface area contributed by atoms with Crippen molar-refractivity contribution in [3.05, 3.63) is 71.9 Å². The Balaban J connectivity index is 0.000000454. The van der Waals surface area contributed by atoms with Gasteiger partial charge in [-0.1, -0.05) is 61.5 Å². The van der Waals surface area contributed by atoms with E-state index >= 15 is 0 Å². The van der Waals surface area contributed by atoms with Crippen LogP contribution in [0.1, 0.15) is 25.1 Å². The first-order chi connectivity index (χ1) is 15.9. The zero-order valence-corrected chi connectivity index (χ0v) is 18.9. The topological polar surface area (TPSA) is 94.0 Å². The molecule has 0 spiro atoms. The smallest absolute Gasteiger partial charge is 0.414 e. The number of carboxylic acids is 2. The maximum absolute atomic E-state index is 9.10. The molecule has 7 nitrogen and oxygen atoms in total. The lowest BCUT2D eigenvalue weighted by molar-refractivity contribution is -0.159. The van der Waals surface area contributed by atoms with Crippen molar-refractivity contribution in [1.82, 2.24) is 9.88 Å². The summed E-state index contributed by atoms with van der Waals surface area (Å²) in [6.07, 6.45) is 2.20. The summed E-state index contributed by atoms with van der Waals surface area (Å²) < 4.78 is 0. The van der Waals surface area contributed by atoms with Gasteiger partial charge in [0.05, 0.1) is 5.69 Å². The van der Waals surface area contributed by atoms with Crippen LogP contribution in [0.3, 0.4) is 0 Å². The van der Waals surface area contributed by atoms with Crippen LogP contribution >= 0.6 is 0 Å². The van der Waals surface area contributed by atoms with Crippen molar-refractivity contribution in [2.45, 2.75) is 13.8 Å². The Kier molecular flexibility index (Phi) is 8.16. The number of fused-ring (bicyclic) bond motifs is 1. The van der Waals surface area contributed by atoms with Gasteiger partial charge in [-0.3, -0.25) is 0 Å². The Morgan fingerprint density at radius 3 is 2.15 bits per heavy atom. The zero-order chi connectivity index (χ0) is 23.8. The number of carbonyl (C=O) groups is 2. The summed E-state index contributed by atoms with van der Waals surface area (Å²) in [6.45, 7) is 9.81. The first-order valence-corrected chi connectivity index (χ1v) is 11.0. The molecule has 2 aromatic carbocycles. The lowest BCUT2D eigenvalue weighted by Gasteiger charge is -2.35. The van der Waals surface area contributed by atoms with Gasteiger partial charge in [0.25, 0.3) is 0 Å². The molecule has 2 N–H and O–H groups in total. The monoisotopic (exact) mass is 447 g/mol. The number of benzene rings is 2. The number of aromatic nitrogens is 1. The molecule has 1 saturated heterocycles. The van der Waals surface area contributed by atoms with E-state index < -0.39 is 11.9 Å². The molecule has 1 aliphatic heterocycles. The second-order valence-corrected chi connectivity index (χ2v) is 7.82. The number of allylic oxidation sites excluding steroid dienone is 1. The van der Waals surface area contributed by atoms with E-state index in [1.807, 2.05) is 0 Å². The van der Waals surface area contributed by atoms with Crippen molar-refractivity contribution >= 4 is 40.2 Å². The number of carboxylic acid groups (broad SMARTS) is 2. The highest BCUT2D eigenvalue weighted by molar-refractivity contribution is 6.27. The molecule has 0 aliphatic carbocycles. The van der Waals surface area contributed by atoms with E-state index in [0.717, 1.165) is 44.2 Å². The number of hydrogen-bond donors (Lipinski definition) is 2. The fourth-order valence-electron chi connectivity index (χ4n) is 3.80. The third-order valence-corrected chi connectivity index (χ3v) is 5.64. The van der Waals surface area contributed by atoms with Gasteiger partial charge in [-0.15, -0.1) is 0 Å². The molecule has 3 aromatic rings. The molecule has 0 unspecified atom stereocenters. The Bertz CT molecular complexity index is 1120. The third kappa shape index (κ3) is 6.40. The van der Waals surface area contributed by atoms with Crippen molar-refractivity contribution in [1.29, 1.82) is 0 Å². The van der Waals surface area contributed by atoms with Crippen LogP contribution in [0.2, 0.25) is 0 Å². The minimum Gasteiger partial charge on any atom is -0.473 e. The van der Waals surface area contributed by atoms with Gasteiger partial charge in [0, 0.05) is 31.6 Å². The Morgan fingerprint density at radius 2 is 1.55 bits per heavy atom. The Labute approximate surface area is 193 Å². The van der Waals surface area contributed by atoms with Crippen molar-refractivity contribution in [3.63, 3.8) is 0 Å². The fourth-order valence-corrected chi connectivity index (χ4v) is 3.80. The molecule has 7 heteroatoms. The minimum atomic E-state index is -1.82. The molecule has 172 valence electrons. The van der Waals surface area contributed by atoms with Crippen LogP contribution in [0.15, 0.2) is 60.7 Å². The van der Waals surface area contributed by atoms with E-state index in [0.29, 0.717) is 0 Å². The number of hydrogen-bond acceptors (Lipinski definition) is 5. The number of pyridine rings is 1. The number of likely N-dealkylation sites (N-methyl/N-ethyl adjacent to an activating group) is 1. The van der Waals surface area contributed by atoms with Gasteiger partial charge in [0.2, 0.25) is 0 Å². The summed E-state index contributed by atoms with van der Waals surface area (Å²) in [5.41, 5.74) is 3.51. The fraction of sp³-hybridized carbons (Fsp3) is 0.269. The van der Waals surface area contributed by atoms with E-state index in [-0.39, 0.29) is 0 Å². The van der Waals surface area contributed by atoms with Gasteiger partial charge in [0.15, 0.2) is 0 Å². The molecule has 33 heavy (non-hydrogen) atoms. The lowest BCUT2D eigenvalue weighted by Crippen LogP contribution is -2.46. The van der Waals surface area contributed by atoms with Crippen LogP contribution < -0.4 is 4.90 Å². The summed E-state index contributed by atoms with van der Waals surface area (Å²) in [5, 5.41) is 17.3. The number of piperazine rings is 1. The molecule has 0 saturated carbocycles. The van der Waals surface area contributed by atoms with Crippen LogP contribution in [0.4, 0.5) is 5.82 Å². The zero-order valence-electron chi connectivity index (χ0n) is 18.9. The predicted molar refractivity (Wildman–Crippen MR) is 131 cm³/mol. The second-order valence-electron chi connectivity index (χ2n) is 7.82. The predicted octanol–water partition coefficient (Wildman–Crippen LogP) is 4.09. The number of anilines is 1. The molecule has 0 bridgehead atoms. The maximum Gasteiger partial charge on any atom is 0.414 e. The molecule has 1 fully saturated rings. The molecule has 0 atom stereocenters. The van der Waals surface area contributed by atoms with Crippen LogP contribution in [-0.2, 0) is 9.59 Å². The summed E-state index contributed by atoms with van der Waals surface area (Å²) in [4.78, 5) is 28.2. The van der Waals surface area contributed by atoms with Crippen LogP contribution in [0.5, 0.6) is 0 Å². The van der Waals surface area contributed by atoms with Crippen LogP contribution in [0.25, 0.3) is 22.4 Å². The number of aliphatic carboxylic acids is 2. The summed E-state index contributed by atoms with van der Waals surface area (Å²) in [6, 6.07) is 21.3. The Hall–Kier alpha value is -3.71. The summed E-state index contributed by atoms with van der Waals surface area (Å²) in [5.74, 6) is -2.53. The van der Waals surface area contributed by atoms with Crippen LogP contribution in [-0.4, -0.2) is 64.8 Å². The van der Waals surface area contributed by atoms with Gasteiger partial charge in [-0.25, -0.2) is 14.6 Å². The second kappa shape index (κ2) is 11.2. The Morgan fingerprint density at radius 1 is 0.939 bits per heavy atom. The van der Waals surface area contributed by atoms with Crippen molar-refractivity contribution in [3.8, 4) is 0 Å². The summed E-state index contributed by atoms with van der Waals surface area (Å²) in [7, 11) is 0. The van der Waals surface area contributed by atoms with Gasteiger partial charge in [-0.2, -0.15) is 0 Å². The average molecular weight is 448 g/mol. The quantitative estimate of drug-likeness (QED) is 0.582. The summed E-state index contributed by atoms with van der Waals surface area (Å²) >= 11 is 0. The van der Waals surface area contributed by atoms with Crippen molar-refractivity contribution in [2.75, 3.05) is 37.6 Å². The van der Waals surface area contributed by atoms with Gasteiger partial charge < -0.3 is 20.0 Å². The van der Waals surface area contributed by atoms with Crippen LogP contribution in [0, 0.1) is 0 Å². The highest BCUT2D eigenvalue weighted by Crippen LogP contribution is 2.28. The highest BCUT2D eigenvalue weighted by atomic mass is 16.4. The lowest BCUT2D eigenvalue weighted by atomic mass is 10.0. The van der Waals surface area contributed by atoms with Gasteiger partial charge in [0.1, 0.15) is 5.82 Å². The average Bonchev–Trinajstić information content (AvgIpc) is 2.84. The van der Waals surface area contributed by atoms with Crippen molar-refractivity contribution < 1.29 is 19.8 Å². The van der Waals surface area contributed by atoms with Crippen molar-refractivity contribution in [2.24, 2.45) is 0 Å². The SMILES string of the molecule is CCN1CCN(c2nc(C=C(C)c3ccccc3)cc3ccccc23)CC1.O=C(O)C(=O)O. The van der Waals surface area contributed by atoms with Gasteiger partial charge in [-0.05, 0) is 42.1 Å². The molecule has 2 heterocycles. The molecular formula is C26H29N3O4. The maximum atomic E-state index is 9.10. The molecular weight excluding hydrogens is 418 g/mol. The molecule has 1 aromatic heterocycles. The largest absolute Gasteiger partial charge is 0.473 e. The highest BCUT2D eigenvalue weighted by Gasteiger charge is 2.19. The van der Waals surface area contributed by atoms with E-state index in [9.17, 15) is 0 Å². The normalized spacial score (nSPS) is 14.5. The standard InChI is InChI=1S/C24H27N3.C2H2O4/c1-3-26-13-15-27(16-14-26)24-23-12-8-7-11-21(23)18-22(25-24)17-19(2)20-9-5-4-6-10-20;3-1(4)2(5)6/h4-12,17-18H,3,13-16H2,1-2H3;(H,3,4)(H,5,6). The first kappa shape index (κ1) is 23.9. The van der Waals surface area contributed by atoms with E-state index in [4.69, 9.17) is 24.8 Å². The molecule has 0 amide bonds. The first-order valence-electron chi connectivity index (χ1n) is 11.0. The number of rotatable bonds is 4. The molecule has 4 rings (SSSR count). The number of nitrogens with zero attached hydrogens (tertiary/aromatic N) is 3. The molecule has 1 aliphatic rings. The third-order valence-electron chi connectivity index (χ3n) is 5.64. The minimum absolute atomic E-state index is 1.03. The van der Waals surface area contributed by atoms with E-state index in [1.165, 1.54) is 21.9 Å². The van der Waals surface area contributed by atoms with E-state index in [1.54, 1.807) is 0 Å². The molecule has 0 radical (unpaired) electrons.